The number of aromatic nitrogens is 2. The average Bonchev–Trinajstić information content (AvgIpc) is 2.07. The van der Waals surface area contributed by atoms with E-state index in [0.717, 1.165) is 5.56 Å². The van der Waals surface area contributed by atoms with Crippen molar-refractivity contribution in [2.45, 2.75) is 6.54 Å². The van der Waals surface area contributed by atoms with Gasteiger partial charge in [0.2, 0.25) is 0 Å². The summed E-state index contributed by atoms with van der Waals surface area (Å²) in [7, 11) is 0. The summed E-state index contributed by atoms with van der Waals surface area (Å²) in [5.74, 6) is 0. The fourth-order valence-corrected chi connectivity index (χ4v) is 0.733. The lowest BCUT2D eigenvalue weighted by Crippen LogP contribution is -2.17. The molecule has 1 rings (SSSR count). The van der Waals surface area contributed by atoms with Crippen LogP contribution in [0, 0.1) is 0 Å². The van der Waals surface area contributed by atoms with E-state index in [2.05, 4.69) is 15.3 Å². The lowest BCUT2D eigenvalue weighted by molar-refractivity contribution is 0.292. The molecule has 0 atom stereocenters. The van der Waals surface area contributed by atoms with Gasteiger partial charge >= 0.3 is 0 Å². The van der Waals surface area contributed by atoms with Gasteiger partial charge in [-0.2, -0.15) is 0 Å². The fourth-order valence-electron chi connectivity index (χ4n) is 0.733. The van der Waals surface area contributed by atoms with Crippen molar-refractivity contribution in [3.05, 3.63) is 24.3 Å². The average molecular weight is 153 g/mol. The number of rotatable bonds is 4. The van der Waals surface area contributed by atoms with Crippen molar-refractivity contribution in [2.24, 2.45) is 0 Å². The van der Waals surface area contributed by atoms with Crippen LogP contribution in [-0.2, 0) is 6.54 Å². The molecule has 1 aromatic heterocycles. The van der Waals surface area contributed by atoms with E-state index in [1.807, 2.05) is 0 Å². The number of hydrogen-bond donors (Lipinski definition) is 2. The summed E-state index contributed by atoms with van der Waals surface area (Å²) in [4.78, 5) is 7.70. The van der Waals surface area contributed by atoms with Crippen LogP contribution in [0.15, 0.2) is 18.7 Å². The molecule has 0 fully saturated rings. The second-order valence-electron chi connectivity index (χ2n) is 2.15. The van der Waals surface area contributed by atoms with E-state index >= 15 is 0 Å². The molecule has 11 heavy (non-hydrogen) atoms. The first-order valence-corrected chi connectivity index (χ1v) is 3.49. The van der Waals surface area contributed by atoms with Gasteiger partial charge in [-0.3, -0.25) is 0 Å². The molecule has 0 radical (unpaired) electrons. The smallest absolute Gasteiger partial charge is 0.115 e. The molecule has 4 heteroatoms. The van der Waals surface area contributed by atoms with Gasteiger partial charge in [0.1, 0.15) is 6.33 Å². The van der Waals surface area contributed by atoms with E-state index in [0.29, 0.717) is 13.1 Å². The van der Waals surface area contributed by atoms with Crippen molar-refractivity contribution >= 4 is 0 Å². The summed E-state index contributed by atoms with van der Waals surface area (Å²) in [6.45, 7) is 1.48. The molecule has 0 bridgehead atoms. The molecular weight excluding hydrogens is 142 g/mol. The number of nitrogens with one attached hydrogen (secondary N) is 1. The molecule has 0 unspecified atom stereocenters. The maximum absolute atomic E-state index is 8.45. The minimum absolute atomic E-state index is 0.160. The Bertz CT molecular complexity index is 190. The molecule has 2 N–H and O–H groups in total. The number of aliphatic hydroxyl groups excluding tert-OH is 1. The normalized spacial score (nSPS) is 9.91. The summed E-state index contributed by atoms with van der Waals surface area (Å²) in [5, 5.41) is 11.5. The molecule has 4 nitrogen and oxygen atoms in total. The summed E-state index contributed by atoms with van der Waals surface area (Å²) >= 11 is 0. The number of aliphatic hydroxyl groups is 1. The molecule has 0 spiro atoms. The van der Waals surface area contributed by atoms with Crippen LogP contribution in [-0.4, -0.2) is 28.2 Å². The van der Waals surface area contributed by atoms with Crippen molar-refractivity contribution in [2.75, 3.05) is 13.2 Å². The third kappa shape index (κ3) is 3.06. The zero-order chi connectivity index (χ0) is 7.94. The van der Waals surface area contributed by atoms with Crippen LogP contribution in [0.2, 0.25) is 0 Å². The van der Waals surface area contributed by atoms with Crippen LogP contribution in [0.4, 0.5) is 0 Å². The van der Waals surface area contributed by atoms with Crippen molar-refractivity contribution in [1.82, 2.24) is 15.3 Å². The van der Waals surface area contributed by atoms with Crippen molar-refractivity contribution < 1.29 is 5.11 Å². The standard InChI is InChI=1S/C7H11N3O/c11-2-1-8-3-7-4-9-6-10-5-7/h4-6,8,11H,1-3H2. The molecule has 0 aliphatic rings. The molecule has 0 saturated carbocycles. The predicted octanol–water partition coefficient (Wildman–Crippen LogP) is -0.442. The van der Waals surface area contributed by atoms with Gasteiger partial charge in [0, 0.05) is 31.0 Å². The Balaban J connectivity index is 2.28. The highest BCUT2D eigenvalue weighted by molar-refractivity contribution is 5.01. The van der Waals surface area contributed by atoms with Gasteiger partial charge in [-0.15, -0.1) is 0 Å². The summed E-state index contributed by atoms with van der Waals surface area (Å²) in [6.07, 6.45) is 4.99. The van der Waals surface area contributed by atoms with Crippen LogP contribution in [0.3, 0.4) is 0 Å². The highest BCUT2D eigenvalue weighted by Crippen LogP contribution is 1.89. The monoisotopic (exact) mass is 153 g/mol. The largest absolute Gasteiger partial charge is 0.395 e. The van der Waals surface area contributed by atoms with Gasteiger partial charge in [0.05, 0.1) is 6.61 Å². The highest BCUT2D eigenvalue weighted by atomic mass is 16.3. The van der Waals surface area contributed by atoms with E-state index in [9.17, 15) is 0 Å². The van der Waals surface area contributed by atoms with Crippen LogP contribution in [0.5, 0.6) is 0 Å². The molecule has 0 amide bonds. The molecular formula is C7H11N3O. The molecule has 0 aliphatic carbocycles. The molecule has 1 aromatic rings. The summed E-state index contributed by atoms with van der Waals surface area (Å²) < 4.78 is 0. The molecule has 0 aromatic carbocycles. The van der Waals surface area contributed by atoms with Gasteiger partial charge in [-0.25, -0.2) is 9.97 Å². The minimum Gasteiger partial charge on any atom is -0.395 e. The third-order valence-corrected chi connectivity index (χ3v) is 1.23. The van der Waals surface area contributed by atoms with Crippen LogP contribution < -0.4 is 5.32 Å². The summed E-state index contributed by atoms with van der Waals surface area (Å²) in [5.41, 5.74) is 1.03. The summed E-state index contributed by atoms with van der Waals surface area (Å²) in [6, 6.07) is 0. The van der Waals surface area contributed by atoms with E-state index in [-0.39, 0.29) is 6.61 Å². The SMILES string of the molecule is OCCNCc1cncnc1. The Morgan fingerprint density at radius 3 is 2.73 bits per heavy atom. The Hall–Kier alpha value is -1.00. The van der Waals surface area contributed by atoms with Crippen molar-refractivity contribution in [3.8, 4) is 0 Å². The lowest BCUT2D eigenvalue weighted by atomic mass is 10.3. The maximum Gasteiger partial charge on any atom is 0.115 e. The number of hydrogen-bond acceptors (Lipinski definition) is 4. The van der Waals surface area contributed by atoms with E-state index < -0.39 is 0 Å². The Labute approximate surface area is 65.3 Å². The molecule has 0 aliphatic heterocycles. The molecule has 0 saturated heterocycles. The Kier molecular flexibility index (Phi) is 3.51. The van der Waals surface area contributed by atoms with E-state index in [1.165, 1.54) is 6.33 Å². The predicted molar refractivity (Wildman–Crippen MR) is 40.8 cm³/mol. The Morgan fingerprint density at radius 2 is 2.09 bits per heavy atom. The number of nitrogens with zero attached hydrogens (tertiary/aromatic N) is 2. The minimum atomic E-state index is 0.160. The zero-order valence-corrected chi connectivity index (χ0v) is 6.20. The first-order valence-electron chi connectivity index (χ1n) is 3.49. The van der Waals surface area contributed by atoms with Crippen LogP contribution in [0.25, 0.3) is 0 Å². The topological polar surface area (TPSA) is 58.0 Å². The molecule has 60 valence electrons. The van der Waals surface area contributed by atoms with Gasteiger partial charge in [0.15, 0.2) is 0 Å². The first kappa shape index (κ1) is 8.10. The quantitative estimate of drug-likeness (QED) is 0.576. The van der Waals surface area contributed by atoms with Crippen molar-refractivity contribution in [3.63, 3.8) is 0 Å². The van der Waals surface area contributed by atoms with E-state index in [4.69, 9.17) is 5.11 Å². The Morgan fingerprint density at radius 1 is 1.36 bits per heavy atom. The van der Waals surface area contributed by atoms with Crippen LogP contribution >= 0.6 is 0 Å². The maximum atomic E-state index is 8.45. The third-order valence-electron chi connectivity index (χ3n) is 1.23. The lowest BCUT2D eigenvalue weighted by Gasteiger charge is -1.99. The molecule has 1 heterocycles. The first-order chi connectivity index (χ1) is 5.43. The van der Waals surface area contributed by atoms with Gasteiger partial charge in [-0.05, 0) is 0 Å². The van der Waals surface area contributed by atoms with Gasteiger partial charge in [-0.1, -0.05) is 0 Å². The van der Waals surface area contributed by atoms with Gasteiger partial charge < -0.3 is 10.4 Å². The van der Waals surface area contributed by atoms with Crippen molar-refractivity contribution in [1.29, 1.82) is 0 Å². The highest BCUT2D eigenvalue weighted by Gasteiger charge is 1.89. The second kappa shape index (κ2) is 4.76. The second-order valence-corrected chi connectivity index (χ2v) is 2.15. The van der Waals surface area contributed by atoms with Crippen LogP contribution in [0.1, 0.15) is 5.56 Å². The van der Waals surface area contributed by atoms with Gasteiger partial charge in [0.25, 0.3) is 0 Å². The zero-order valence-electron chi connectivity index (χ0n) is 6.20. The van der Waals surface area contributed by atoms with E-state index in [1.54, 1.807) is 12.4 Å². The fraction of sp³-hybridized carbons (Fsp3) is 0.429.